The van der Waals surface area contributed by atoms with E-state index in [2.05, 4.69) is 13.8 Å². The largest absolute Gasteiger partial charge is 0.497 e. The minimum absolute atomic E-state index is 0.0176. The van der Waals surface area contributed by atoms with Gasteiger partial charge < -0.3 is 19.1 Å². The van der Waals surface area contributed by atoms with E-state index in [1.807, 2.05) is 24.3 Å². The van der Waals surface area contributed by atoms with Crippen LogP contribution in [0.4, 0.5) is 0 Å². The highest BCUT2D eigenvalue weighted by molar-refractivity contribution is 6.01. The van der Waals surface area contributed by atoms with Crippen LogP contribution in [0.5, 0.6) is 17.2 Å². The molecule has 2 heterocycles. The number of methoxy groups -OCH3 is 1. The predicted molar refractivity (Wildman–Crippen MR) is 117 cm³/mol. The summed E-state index contributed by atoms with van der Waals surface area (Å²) in [5, 5.41) is 0. The molecular weight excluding hydrogens is 394 g/mol. The zero-order valence-corrected chi connectivity index (χ0v) is 18.5. The van der Waals surface area contributed by atoms with Crippen molar-refractivity contribution in [1.82, 2.24) is 4.90 Å². The summed E-state index contributed by atoms with van der Waals surface area (Å²) in [5.74, 6) is 2.22. The zero-order valence-electron chi connectivity index (χ0n) is 18.5. The Labute approximate surface area is 183 Å². The van der Waals surface area contributed by atoms with E-state index in [4.69, 9.17) is 14.2 Å². The fourth-order valence-electron chi connectivity index (χ4n) is 4.30. The van der Waals surface area contributed by atoms with Crippen molar-refractivity contribution >= 4 is 11.7 Å². The number of ether oxygens (including phenoxy) is 3. The molecule has 2 atom stereocenters. The minimum atomic E-state index is -0.674. The van der Waals surface area contributed by atoms with Gasteiger partial charge in [0.25, 0.3) is 5.91 Å². The van der Waals surface area contributed by atoms with Crippen molar-refractivity contribution in [3.63, 3.8) is 0 Å². The van der Waals surface area contributed by atoms with Crippen LogP contribution in [-0.2, 0) is 4.79 Å². The Hall–Kier alpha value is -3.02. The number of amides is 1. The van der Waals surface area contributed by atoms with Gasteiger partial charge in [0.1, 0.15) is 22.8 Å². The molecule has 6 nitrogen and oxygen atoms in total. The SMILES string of the molecule is COc1ccc2c(c1)C(=O)CC1(CCN(C(=O)C(C)Oc3ccc(C(C)C)cc3)C1)O2. The van der Waals surface area contributed by atoms with Crippen LogP contribution in [-0.4, -0.2) is 48.5 Å². The Morgan fingerprint density at radius 2 is 1.81 bits per heavy atom. The smallest absolute Gasteiger partial charge is 0.263 e. The van der Waals surface area contributed by atoms with E-state index in [9.17, 15) is 9.59 Å². The molecule has 1 amide bonds. The topological polar surface area (TPSA) is 65.1 Å². The van der Waals surface area contributed by atoms with Crippen LogP contribution in [0.2, 0.25) is 0 Å². The molecule has 1 saturated heterocycles. The van der Waals surface area contributed by atoms with Gasteiger partial charge in [-0.1, -0.05) is 26.0 Å². The second-order valence-corrected chi connectivity index (χ2v) is 8.74. The number of Topliss-reactive ketones (excluding diaryl/α,β-unsaturated/α-hetero) is 1. The van der Waals surface area contributed by atoms with E-state index < -0.39 is 11.7 Å². The van der Waals surface area contributed by atoms with Crippen molar-refractivity contribution in [2.24, 2.45) is 0 Å². The van der Waals surface area contributed by atoms with Gasteiger partial charge in [-0.25, -0.2) is 0 Å². The van der Waals surface area contributed by atoms with Crippen LogP contribution in [0.3, 0.4) is 0 Å². The van der Waals surface area contributed by atoms with E-state index in [0.717, 1.165) is 0 Å². The first-order chi connectivity index (χ1) is 14.8. The number of hydrogen-bond donors (Lipinski definition) is 0. The van der Waals surface area contributed by atoms with Gasteiger partial charge in [-0.05, 0) is 48.7 Å². The molecule has 2 aromatic rings. The van der Waals surface area contributed by atoms with E-state index >= 15 is 0 Å². The highest BCUT2D eigenvalue weighted by atomic mass is 16.5. The number of hydrogen-bond acceptors (Lipinski definition) is 5. The van der Waals surface area contributed by atoms with E-state index in [1.54, 1.807) is 37.1 Å². The lowest BCUT2D eigenvalue weighted by molar-refractivity contribution is -0.137. The molecule has 2 aliphatic rings. The van der Waals surface area contributed by atoms with Gasteiger partial charge in [0, 0.05) is 13.0 Å². The van der Waals surface area contributed by atoms with Gasteiger partial charge in [-0.3, -0.25) is 9.59 Å². The van der Waals surface area contributed by atoms with Crippen molar-refractivity contribution in [2.45, 2.75) is 51.2 Å². The first-order valence-corrected chi connectivity index (χ1v) is 10.8. The third-order valence-corrected chi connectivity index (χ3v) is 6.13. The molecule has 2 aliphatic heterocycles. The predicted octanol–water partition coefficient (Wildman–Crippen LogP) is 4.22. The van der Waals surface area contributed by atoms with Gasteiger partial charge in [-0.15, -0.1) is 0 Å². The third-order valence-electron chi connectivity index (χ3n) is 6.13. The number of benzene rings is 2. The van der Waals surface area contributed by atoms with Crippen LogP contribution in [0.25, 0.3) is 0 Å². The minimum Gasteiger partial charge on any atom is -0.497 e. The molecule has 0 N–H and O–H groups in total. The van der Waals surface area contributed by atoms with Crippen LogP contribution in [0.15, 0.2) is 42.5 Å². The molecule has 1 fully saturated rings. The molecule has 0 bridgehead atoms. The molecular formula is C25H29NO5. The Morgan fingerprint density at radius 1 is 1.10 bits per heavy atom. The number of fused-ring (bicyclic) bond motifs is 1. The summed E-state index contributed by atoms with van der Waals surface area (Å²) in [6, 6.07) is 13.1. The van der Waals surface area contributed by atoms with Crippen molar-refractivity contribution in [1.29, 1.82) is 0 Å². The Kier molecular flexibility index (Phi) is 5.65. The molecule has 0 radical (unpaired) electrons. The fourth-order valence-corrected chi connectivity index (χ4v) is 4.30. The van der Waals surface area contributed by atoms with Gasteiger partial charge >= 0.3 is 0 Å². The van der Waals surface area contributed by atoms with Gasteiger partial charge in [-0.2, -0.15) is 0 Å². The lowest BCUT2D eigenvalue weighted by Crippen LogP contribution is -2.47. The molecule has 2 aromatic carbocycles. The summed E-state index contributed by atoms with van der Waals surface area (Å²) in [6.07, 6.45) is 0.255. The van der Waals surface area contributed by atoms with Crippen molar-refractivity contribution in [3.05, 3.63) is 53.6 Å². The van der Waals surface area contributed by atoms with Crippen LogP contribution < -0.4 is 14.2 Å². The zero-order chi connectivity index (χ0) is 22.2. The molecule has 31 heavy (non-hydrogen) atoms. The van der Waals surface area contributed by atoms with Gasteiger partial charge in [0.15, 0.2) is 11.9 Å². The maximum atomic E-state index is 13.0. The maximum Gasteiger partial charge on any atom is 0.263 e. The lowest BCUT2D eigenvalue weighted by Gasteiger charge is -2.35. The number of carbonyl (C=O) groups excluding carboxylic acids is 2. The van der Waals surface area contributed by atoms with Crippen molar-refractivity contribution in [3.8, 4) is 17.2 Å². The fraction of sp³-hybridized carbons (Fsp3) is 0.440. The molecule has 2 unspecified atom stereocenters. The van der Waals surface area contributed by atoms with Crippen molar-refractivity contribution in [2.75, 3.05) is 20.2 Å². The number of nitrogens with zero attached hydrogens (tertiary/aromatic N) is 1. The number of rotatable bonds is 5. The maximum absolute atomic E-state index is 13.0. The molecule has 0 saturated carbocycles. The highest BCUT2D eigenvalue weighted by Gasteiger charge is 2.47. The summed E-state index contributed by atoms with van der Waals surface area (Å²) in [6.45, 7) is 6.95. The average Bonchev–Trinajstić information content (AvgIpc) is 3.16. The average molecular weight is 424 g/mol. The molecule has 6 heteroatoms. The third kappa shape index (κ3) is 4.24. The molecule has 4 rings (SSSR count). The molecule has 0 aromatic heterocycles. The van der Waals surface area contributed by atoms with E-state index in [1.165, 1.54) is 5.56 Å². The second kappa shape index (κ2) is 8.25. The normalized spacial score (nSPS) is 21.1. The summed E-state index contributed by atoms with van der Waals surface area (Å²) in [4.78, 5) is 27.5. The van der Waals surface area contributed by atoms with Crippen LogP contribution >= 0.6 is 0 Å². The molecule has 1 spiro atoms. The van der Waals surface area contributed by atoms with Gasteiger partial charge in [0.05, 0.1) is 25.6 Å². The molecule has 0 aliphatic carbocycles. The number of carbonyl (C=O) groups is 2. The van der Waals surface area contributed by atoms with Crippen LogP contribution in [0, 0.1) is 0 Å². The summed E-state index contributed by atoms with van der Waals surface area (Å²) >= 11 is 0. The standard InChI is InChI=1S/C25H29NO5/c1-16(2)18-5-7-19(8-6-18)30-17(3)24(28)26-12-11-25(15-26)14-22(27)21-13-20(29-4)9-10-23(21)31-25/h5-10,13,16-17H,11-12,14-15H2,1-4H3. The quantitative estimate of drug-likeness (QED) is 0.720. The summed E-state index contributed by atoms with van der Waals surface area (Å²) in [5.41, 5.74) is 1.09. The summed E-state index contributed by atoms with van der Waals surface area (Å²) in [7, 11) is 1.57. The van der Waals surface area contributed by atoms with Crippen molar-refractivity contribution < 1.29 is 23.8 Å². The first-order valence-electron chi connectivity index (χ1n) is 10.8. The number of ketones is 1. The Balaban J connectivity index is 1.42. The monoisotopic (exact) mass is 423 g/mol. The van der Waals surface area contributed by atoms with Crippen LogP contribution in [0.1, 0.15) is 55.5 Å². The highest BCUT2D eigenvalue weighted by Crippen LogP contribution is 2.40. The first kappa shape index (κ1) is 21.2. The van der Waals surface area contributed by atoms with Gasteiger partial charge in [0.2, 0.25) is 0 Å². The summed E-state index contributed by atoms with van der Waals surface area (Å²) < 4.78 is 17.4. The van der Waals surface area contributed by atoms with E-state index in [-0.39, 0.29) is 18.1 Å². The number of likely N-dealkylation sites (tertiary alicyclic amines) is 1. The Morgan fingerprint density at radius 3 is 2.48 bits per heavy atom. The molecule has 164 valence electrons. The van der Waals surface area contributed by atoms with E-state index in [0.29, 0.717) is 48.2 Å². The Bertz CT molecular complexity index is 984. The second-order valence-electron chi connectivity index (χ2n) is 8.74. The lowest BCUT2D eigenvalue weighted by atomic mass is 9.89.